The number of aliphatic hydroxyl groups is 1. The van der Waals surface area contributed by atoms with Crippen molar-refractivity contribution < 1.29 is 18.7 Å². The first kappa shape index (κ1) is 21.0. The summed E-state index contributed by atoms with van der Waals surface area (Å²) in [6.45, 7) is 24.3. The van der Waals surface area contributed by atoms with Gasteiger partial charge in [0.1, 0.15) is 0 Å². The van der Waals surface area contributed by atoms with Gasteiger partial charge in [0, 0.05) is 30.5 Å². The van der Waals surface area contributed by atoms with Crippen LogP contribution in [0.3, 0.4) is 0 Å². The smallest absolute Gasteiger partial charge is 0.192 e. The Labute approximate surface area is 162 Å². The minimum absolute atomic E-state index is 0.0119. The van der Waals surface area contributed by atoms with Crippen LogP contribution in [-0.2, 0) is 13.6 Å². The SMILES string of the molecule is CC(C)(C)[Si](C)(C)OC[C@@H]1[C@@H]2O[C@H]3C([C@H]2O)[C@]13CO[Si](C)(C)C(C)(C)C. The van der Waals surface area contributed by atoms with Crippen molar-refractivity contribution in [2.45, 2.75) is 96.1 Å². The maximum atomic E-state index is 10.7. The zero-order chi connectivity index (χ0) is 19.9. The van der Waals surface area contributed by atoms with Gasteiger partial charge < -0.3 is 18.7 Å². The molecule has 0 aromatic rings. The summed E-state index contributed by atoms with van der Waals surface area (Å²) in [5, 5.41) is 11.0. The summed E-state index contributed by atoms with van der Waals surface area (Å²) in [5.41, 5.74) is -0.0119. The Hall–Kier alpha value is 0.274. The minimum Gasteiger partial charge on any atom is -0.416 e. The molecule has 6 atom stereocenters. The summed E-state index contributed by atoms with van der Waals surface area (Å²) >= 11 is 0. The van der Waals surface area contributed by atoms with E-state index in [2.05, 4.69) is 67.7 Å². The summed E-state index contributed by atoms with van der Waals surface area (Å²) in [7, 11) is -3.62. The molecule has 1 N–H and O–H groups in total. The van der Waals surface area contributed by atoms with Crippen molar-refractivity contribution in [1.29, 1.82) is 0 Å². The first-order chi connectivity index (χ1) is 11.6. The van der Waals surface area contributed by atoms with Crippen LogP contribution in [-0.4, -0.2) is 53.3 Å². The van der Waals surface area contributed by atoms with E-state index in [1.54, 1.807) is 0 Å². The van der Waals surface area contributed by atoms with Crippen molar-refractivity contribution in [1.82, 2.24) is 0 Å². The molecule has 2 aliphatic heterocycles. The molecule has 26 heavy (non-hydrogen) atoms. The Kier molecular flexibility index (Phi) is 4.76. The van der Waals surface area contributed by atoms with Gasteiger partial charge in [-0.25, -0.2) is 0 Å². The van der Waals surface area contributed by atoms with Gasteiger partial charge in [-0.3, -0.25) is 0 Å². The third kappa shape index (κ3) is 2.91. The van der Waals surface area contributed by atoms with E-state index in [1.807, 2.05) is 0 Å². The molecular weight excluding hydrogens is 360 g/mol. The number of aliphatic hydroxyl groups excluding tert-OH is 1. The Morgan fingerprint density at radius 1 is 0.923 bits per heavy atom. The maximum Gasteiger partial charge on any atom is 0.192 e. The average Bonchev–Trinajstić information content (AvgIpc) is 2.68. The van der Waals surface area contributed by atoms with E-state index in [1.165, 1.54) is 0 Å². The van der Waals surface area contributed by atoms with E-state index >= 15 is 0 Å². The first-order valence-corrected chi connectivity index (χ1v) is 16.0. The zero-order valence-electron chi connectivity index (χ0n) is 18.5. The molecule has 6 heteroatoms. The fourth-order valence-corrected chi connectivity index (χ4v) is 6.36. The van der Waals surface area contributed by atoms with Gasteiger partial charge in [-0.05, 0) is 36.3 Å². The molecule has 0 aromatic carbocycles. The van der Waals surface area contributed by atoms with E-state index in [4.69, 9.17) is 13.6 Å². The van der Waals surface area contributed by atoms with Gasteiger partial charge in [-0.15, -0.1) is 0 Å². The van der Waals surface area contributed by atoms with Crippen molar-refractivity contribution in [3.8, 4) is 0 Å². The Balaban J connectivity index is 1.71. The molecule has 4 aliphatic rings. The molecule has 4 bridgehead atoms. The van der Waals surface area contributed by atoms with Gasteiger partial charge >= 0.3 is 0 Å². The zero-order valence-corrected chi connectivity index (χ0v) is 20.5. The molecule has 2 saturated heterocycles. The van der Waals surface area contributed by atoms with Gasteiger partial charge in [-0.1, -0.05) is 41.5 Å². The second-order valence-electron chi connectivity index (χ2n) is 11.9. The molecule has 0 aromatic heterocycles. The number of rotatable bonds is 6. The largest absolute Gasteiger partial charge is 0.416 e. The number of ether oxygens (including phenoxy) is 1. The molecule has 2 aliphatic carbocycles. The topological polar surface area (TPSA) is 47.9 Å². The second kappa shape index (κ2) is 5.89. The summed E-state index contributed by atoms with van der Waals surface area (Å²) in [6.07, 6.45) is -0.214. The molecule has 1 unspecified atom stereocenters. The first-order valence-electron chi connectivity index (χ1n) is 10.2. The summed E-state index contributed by atoms with van der Waals surface area (Å²) < 4.78 is 19.3. The van der Waals surface area contributed by atoms with Crippen molar-refractivity contribution in [2.24, 2.45) is 17.3 Å². The van der Waals surface area contributed by atoms with E-state index in [0.29, 0.717) is 6.61 Å². The third-order valence-electron chi connectivity index (χ3n) is 8.38. The molecule has 0 spiro atoms. The molecule has 4 rings (SSSR count). The summed E-state index contributed by atoms with van der Waals surface area (Å²) in [5.74, 6) is 0.525. The molecule has 4 nitrogen and oxygen atoms in total. The van der Waals surface area contributed by atoms with Crippen LogP contribution in [0.25, 0.3) is 0 Å². The lowest BCUT2D eigenvalue weighted by atomic mass is 9.92. The van der Waals surface area contributed by atoms with Gasteiger partial charge in [-0.2, -0.15) is 0 Å². The van der Waals surface area contributed by atoms with Crippen LogP contribution >= 0.6 is 0 Å². The highest BCUT2D eigenvalue weighted by atomic mass is 28.4. The highest BCUT2D eigenvalue weighted by molar-refractivity contribution is 6.74. The lowest BCUT2D eigenvalue weighted by Gasteiger charge is -2.39. The van der Waals surface area contributed by atoms with Gasteiger partial charge in [0.2, 0.25) is 0 Å². The number of hydrogen-bond acceptors (Lipinski definition) is 4. The van der Waals surface area contributed by atoms with Crippen molar-refractivity contribution in [2.75, 3.05) is 13.2 Å². The molecule has 0 amide bonds. The van der Waals surface area contributed by atoms with Gasteiger partial charge in [0.25, 0.3) is 0 Å². The highest BCUT2D eigenvalue weighted by Gasteiger charge is 2.85. The van der Waals surface area contributed by atoms with E-state index in [-0.39, 0.29) is 45.6 Å². The van der Waals surface area contributed by atoms with Crippen molar-refractivity contribution in [3.63, 3.8) is 0 Å². The van der Waals surface area contributed by atoms with Gasteiger partial charge in [0.05, 0.1) is 18.3 Å². The fourth-order valence-electron chi connectivity index (χ4n) is 4.28. The van der Waals surface area contributed by atoms with Crippen molar-refractivity contribution in [3.05, 3.63) is 0 Å². The average molecular weight is 401 g/mol. The summed E-state index contributed by atoms with van der Waals surface area (Å²) in [4.78, 5) is 0. The lowest BCUT2D eigenvalue weighted by molar-refractivity contribution is 0.0215. The third-order valence-corrected chi connectivity index (χ3v) is 17.4. The molecule has 0 radical (unpaired) electrons. The molecule has 4 fully saturated rings. The number of hydrogen-bond donors (Lipinski definition) is 1. The Bertz CT molecular complexity index is 561. The standard InChI is InChI=1S/C20H40O4Si2/c1-18(2,3)25(7,8)22-11-13-16-15(21)14-17(24-16)20(13,14)12-23-26(9,10)19(4,5)6/h13-17,21H,11-12H2,1-10H3/t13-,14?,15-,16+,17+,20+/m1/s1. The minimum atomic E-state index is -1.81. The van der Waals surface area contributed by atoms with Crippen molar-refractivity contribution >= 4 is 16.6 Å². The van der Waals surface area contributed by atoms with Crippen LogP contribution in [0.2, 0.25) is 36.3 Å². The quantitative estimate of drug-likeness (QED) is 0.671. The van der Waals surface area contributed by atoms with E-state index < -0.39 is 16.6 Å². The lowest BCUT2D eigenvalue weighted by Crippen LogP contribution is -2.45. The summed E-state index contributed by atoms with van der Waals surface area (Å²) in [6, 6.07) is 0. The maximum absolute atomic E-state index is 10.7. The Morgan fingerprint density at radius 2 is 1.42 bits per heavy atom. The molecular formula is C20H40O4Si2. The second-order valence-corrected chi connectivity index (χ2v) is 21.5. The molecule has 152 valence electrons. The molecule has 2 saturated carbocycles. The van der Waals surface area contributed by atoms with Crippen LogP contribution in [0, 0.1) is 17.3 Å². The predicted molar refractivity (Wildman–Crippen MR) is 110 cm³/mol. The van der Waals surface area contributed by atoms with E-state index in [0.717, 1.165) is 6.61 Å². The van der Waals surface area contributed by atoms with Crippen LogP contribution in [0.4, 0.5) is 0 Å². The predicted octanol–water partition coefficient (Wildman–Crippen LogP) is 4.40. The van der Waals surface area contributed by atoms with Crippen LogP contribution < -0.4 is 0 Å². The monoisotopic (exact) mass is 400 g/mol. The van der Waals surface area contributed by atoms with Gasteiger partial charge in [0.15, 0.2) is 16.6 Å². The molecule has 2 heterocycles. The van der Waals surface area contributed by atoms with Crippen LogP contribution in [0.15, 0.2) is 0 Å². The Morgan fingerprint density at radius 3 is 1.85 bits per heavy atom. The van der Waals surface area contributed by atoms with E-state index in [9.17, 15) is 5.11 Å². The highest BCUT2D eigenvalue weighted by Crippen LogP contribution is 2.75. The normalized spacial score (nSPS) is 39.6. The fraction of sp³-hybridized carbons (Fsp3) is 1.00. The van der Waals surface area contributed by atoms with Crippen LogP contribution in [0.5, 0.6) is 0 Å². The van der Waals surface area contributed by atoms with Crippen LogP contribution in [0.1, 0.15) is 41.5 Å².